The second-order valence-corrected chi connectivity index (χ2v) is 20.0. The van der Waals surface area contributed by atoms with E-state index < -0.39 is 11.9 Å². The Kier molecular flexibility index (Phi) is 53.0. The highest BCUT2D eigenvalue weighted by molar-refractivity contribution is 14.1. The standard InChI is InChI=1S/C59H103IN4O10/c1-4-6-8-10-12-14-16-18-20-22-24-26-28-30-32-38-57(68)73-49-45-64(46-50-74-58(69)39-33-31-29-27-25-23-21-19-17-15-13-11-9-7-5-2)56(67)41-40-55(66)63-54(37-34-35-43-61-53(3)65)59(70)62-44-36-47-71-51-52-72-48-42-60/h12-15,18-21,54H,4-11,16-17,22-52H2,1-3H3,(H,61,65)(H,62,70)(H,63,66)/b14-12-,15-13-,20-18-,21-19-/t54-/m0/s1. The minimum Gasteiger partial charge on any atom is -0.464 e. The summed E-state index contributed by atoms with van der Waals surface area (Å²) >= 11 is 2.25. The van der Waals surface area contributed by atoms with Crippen LogP contribution in [0.3, 0.4) is 0 Å². The number of alkyl halides is 1. The number of carbonyl (C=O) groups excluding carboxylic acids is 6. The van der Waals surface area contributed by atoms with E-state index in [1.54, 1.807) is 0 Å². The van der Waals surface area contributed by atoms with Crippen LogP contribution < -0.4 is 16.0 Å². The zero-order valence-corrected chi connectivity index (χ0v) is 48.8. The summed E-state index contributed by atoms with van der Waals surface area (Å²) in [4.78, 5) is 78.2. The molecule has 0 rings (SSSR count). The fraction of sp³-hybridized carbons (Fsp3) is 0.763. The lowest BCUT2D eigenvalue weighted by atomic mass is 10.1. The van der Waals surface area contributed by atoms with E-state index >= 15 is 0 Å². The van der Waals surface area contributed by atoms with Gasteiger partial charge < -0.3 is 39.8 Å². The summed E-state index contributed by atoms with van der Waals surface area (Å²) in [6, 6.07) is -0.827. The van der Waals surface area contributed by atoms with Gasteiger partial charge in [-0.15, -0.1) is 0 Å². The molecule has 0 saturated heterocycles. The third-order valence-corrected chi connectivity index (χ3v) is 12.6. The monoisotopic (exact) mass is 1150 g/mol. The maximum absolute atomic E-state index is 13.6. The van der Waals surface area contributed by atoms with Gasteiger partial charge in [-0.3, -0.25) is 28.8 Å². The molecular weight excluding hydrogens is 1050 g/mol. The number of esters is 2. The highest BCUT2D eigenvalue weighted by Crippen LogP contribution is 2.12. The van der Waals surface area contributed by atoms with Gasteiger partial charge in [0.15, 0.2) is 0 Å². The van der Waals surface area contributed by atoms with Gasteiger partial charge in [0.1, 0.15) is 19.3 Å². The van der Waals surface area contributed by atoms with Gasteiger partial charge >= 0.3 is 11.9 Å². The molecule has 0 aromatic heterocycles. The normalized spacial score (nSPS) is 12.0. The van der Waals surface area contributed by atoms with Gasteiger partial charge in [0.2, 0.25) is 23.6 Å². The first-order chi connectivity index (χ1) is 36.1. The van der Waals surface area contributed by atoms with E-state index in [0.29, 0.717) is 78.0 Å². The van der Waals surface area contributed by atoms with E-state index in [-0.39, 0.29) is 68.8 Å². The summed E-state index contributed by atoms with van der Waals surface area (Å²) in [7, 11) is 0. The molecule has 0 bridgehead atoms. The molecule has 0 radical (unpaired) electrons. The summed E-state index contributed by atoms with van der Waals surface area (Å²) in [5.41, 5.74) is 0. The van der Waals surface area contributed by atoms with Crippen LogP contribution in [0, 0.1) is 0 Å². The van der Waals surface area contributed by atoms with Crippen LogP contribution in [0.25, 0.3) is 0 Å². The van der Waals surface area contributed by atoms with Gasteiger partial charge in [0, 0.05) is 56.7 Å². The Morgan fingerprint density at radius 3 is 1.46 bits per heavy atom. The van der Waals surface area contributed by atoms with Gasteiger partial charge in [0.05, 0.1) is 32.9 Å². The number of hydrogen-bond donors (Lipinski definition) is 3. The lowest BCUT2D eigenvalue weighted by molar-refractivity contribution is -0.148. The molecule has 0 fully saturated rings. The van der Waals surface area contributed by atoms with Crippen molar-refractivity contribution < 1.29 is 47.7 Å². The van der Waals surface area contributed by atoms with Gasteiger partial charge in [-0.05, 0) is 103 Å². The summed E-state index contributed by atoms with van der Waals surface area (Å²) in [5.74, 6) is -1.93. The quantitative estimate of drug-likeness (QED) is 0.0174. The van der Waals surface area contributed by atoms with Gasteiger partial charge in [-0.25, -0.2) is 0 Å². The lowest BCUT2D eigenvalue weighted by Gasteiger charge is -2.23. The number of nitrogens with one attached hydrogen (secondary N) is 3. The Bertz CT molecular complexity index is 1460. The highest BCUT2D eigenvalue weighted by Gasteiger charge is 2.22. The van der Waals surface area contributed by atoms with Crippen molar-refractivity contribution in [2.45, 2.75) is 219 Å². The number of halogens is 1. The zero-order valence-electron chi connectivity index (χ0n) is 46.6. The number of hydrogen-bond acceptors (Lipinski definition) is 10. The first-order valence-corrected chi connectivity index (χ1v) is 30.4. The van der Waals surface area contributed by atoms with Gasteiger partial charge in [-0.1, -0.05) is 149 Å². The van der Waals surface area contributed by atoms with Crippen LogP contribution >= 0.6 is 22.6 Å². The molecular formula is C59H103IN4O10. The number of unbranched alkanes of at least 4 members (excludes halogenated alkanes) is 17. The van der Waals surface area contributed by atoms with Crippen molar-refractivity contribution >= 4 is 58.2 Å². The van der Waals surface area contributed by atoms with E-state index in [2.05, 4.69) is 101 Å². The maximum Gasteiger partial charge on any atom is 0.305 e. The van der Waals surface area contributed by atoms with Crippen molar-refractivity contribution in [2.75, 3.05) is 70.2 Å². The molecule has 1 atom stereocenters. The van der Waals surface area contributed by atoms with Crippen molar-refractivity contribution in [3.05, 3.63) is 48.6 Å². The lowest BCUT2D eigenvalue weighted by Crippen LogP contribution is -2.47. The summed E-state index contributed by atoms with van der Waals surface area (Å²) in [5, 5.41) is 8.44. The second-order valence-electron chi connectivity index (χ2n) is 18.9. The molecule has 3 N–H and O–H groups in total. The largest absolute Gasteiger partial charge is 0.464 e. The Morgan fingerprint density at radius 1 is 0.486 bits per heavy atom. The topological polar surface area (TPSA) is 179 Å². The van der Waals surface area contributed by atoms with Crippen LogP contribution in [0.15, 0.2) is 48.6 Å². The molecule has 4 amide bonds. The molecule has 0 spiro atoms. The Balaban J connectivity index is 5.08. The van der Waals surface area contributed by atoms with Crippen molar-refractivity contribution in [2.24, 2.45) is 0 Å². The number of amides is 4. The Hall–Kier alpha value is -3.57. The van der Waals surface area contributed by atoms with Crippen molar-refractivity contribution in [1.82, 2.24) is 20.9 Å². The van der Waals surface area contributed by atoms with E-state index in [1.807, 2.05) is 0 Å². The fourth-order valence-electron chi connectivity index (χ4n) is 7.74. The van der Waals surface area contributed by atoms with Crippen LogP contribution in [0.2, 0.25) is 0 Å². The number of rotatable bonds is 53. The molecule has 426 valence electrons. The van der Waals surface area contributed by atoms with E-state index in [4.69, 9.17) is 18.9 Å². The predicted molar refractivity (Wildman–Crippen MR) is 309 cm³/mol. The minimum atomic E-state index is -0.827. The molecule has 14 nitrogen and oxygen atoms in total. The van der Waals surface area contributed by atoms with E-state index in [0.717, 1.165) is 107 Å². The zero-order chi connectivity index (χ0) is 54.2. The van der Waals surface area contributed by atoms with Crippen LogP contribution in [0.1, 0.15) is 213 Å². The number of nitrogens with zero attached hydrogens (tertiary/aromatic N) is 1. The van der Waals surface area contributed by atoms with E-state index in [9.17, 15) is 28.8 Å². The average molecular weight is 1160 g/mol. The maximum atomic E-state index is 13.6. The number of ether oxygens (including phenoxy) is 4. The average Bonchev–Trinajstić information content (AvgIpc) is 3.38. The minimum absolute atomic E-state index is 0.0188. The summed E-state index contributed by atoms with van der Waals surface area (Å²) in [6.07, 6.45) is 44.4. The summed E-state index contributed by atoms with van der Waals surface area (Å²) in [6.45, 7) is 8.95. The van der Waals surface area contributed by atoms with Crippen LogP contribution in [0.4, 0.5) is 0 Å². The molecule has 0 saturated carbocycles. The Labute approximate surface area is 462 Å². The predicted octanol–water partition coefficient (Wildman–Crippen LogP) is 12.1. The second kappa shape index (κ2) is 55.7. The third kappa shape index (κ3) is 50.6. The van der Waals surface area contributed by atoms with Gasteiger partial charge in [0.25, 0.3) is 0 Å². The molecule has 0 aliphatic rings. The molecule has 0 unspecified atom stereocenters. The molecule has 0 aliphatic carbocycles. The Morgan fingerprint density at radius 2 is 0.959 bits per heavy atom. The molecule has 0 aromatic carbocycles. The number of carbonyl (C=O) groups is 6. The van der Waals surface area contributed by atoms with Gasteiger partial charge in [-0.2, -0.15) is 0 Å². The summed E-state index contributed by atoms with van der Waals surface area (Å²) < 4.78 is 23.0. The highest BCUT2D eigenvalue weighted by atomic mass is 127. The molecule has 0 aromatic rings. The number of allylic oxidation sites excluding steroid dienone is 8. The van der Waals surface area contributed by atoms with Crippen LogP contribution in [0.5, 0.6) is 0 Å². The van der Waals surface area contributed by atoms with E-state index in [1.165, 1.54) is 50.3 Å². The molecule has 0 heterocycles. The first kappa shape index (κ1) is 70.4. The first-order valence-electron chi connectivity index (χ1n) is 28.9. The SMILES string of the molecule is CCCCC/C=C\C/C=C\CCCCCCCC(=O)OCCN(CCOC(=O)CCCCCCC/C=C\C/C=C\CCCCC)C(=O)CCC(=O)N[C@@H](CCCCNC(C)=O)C(=O)NCCCOCCOCCI. The smallest absolute Gasteiger partial charge is 0.305 e. The molecule has 15 heteroatoms. The third-order valence-electron chi connectivity index (χ3n) is 12.1. The molecule has 0 aliphatic heterocycles. The van der Waals surface area contributed by atoms with Crippen molar-refractivity contribution in [3.63, 3.8) is 0 Å². The van der Waals surface area contributed by atoms with Crippen molar-refractivity contribution in [3.8, 4) is 0 Å². The van der Waals surface area contributed by atoms with Crippen LogP contribution in [-0.4, -0.2) is 117 Å². The van der Waals surface area contributed by atoms with Crippen molar-refractivity contribution in [1.29, 1.82) is 0 Å². The fourth-order valence-corrected chi connectivity index (χ4v) is 8.06. The van der Waals surface area contributed by atoms with Crippen LogP contribution in [-0.2, 0) is 47.7 Å². The molecule has 74 heavy (non-hydrogen) atoms.